The maximum absolute atomic E-state index is 12.8. The van der Waals surface area contributed by atoms with Gasteiger partial charge in [0.2, 0.25) is 5.78 Å². The zero-order valence-electron chi connectivity index (χ0n) is 18.2. The number of hydrogen-bond acceptors (Lipinski definition) is 5. The summed E-state index contributed by atoms with van der Waals surface area (Å²) in [6.07, 6.45) is 2.34. The average Bonchev–Trinajstić information content (AvgIpc) is 3.22. The van der Waals surface area contributed by atoms with E-state index in [4.69, 9.17) is 33.7 Å². The molecule has 9 heteroatoms. The zero-order chi connectivity index (χ0) is 23.5. The molecule has 0 saturated carbocycles. The van der Waals surface area contributed by atoms with Crippen molar-refractivity contribution >= 4 is 34.9 Å². The number of aryl methyl sites for hydroxylation is 1. The molecule has 0 unspecified atom stereocenters. The number of amides is 1. The van der Waals surface area contributed by atoms with E-state index in [1.807, 2.05) is 37.3 Å². The monoisotopic (exact) mass is 483 g/mol. The lowest BCUT2D eigenvalue weighted by Crippen LogP contribution is -2.26. The molecule has 0 aliphatic heterocycles. The summed E-state index contributed by atoms with van der Waals surface area (Å²) in [6.45, 7) is 2.58. The van der Waals surface area contributed by atoms with Crippen LogP contribution in [0.3, 0.4) is 0 Å². The molecule has 1 amide bonds. The molecule has 2 aromatic heterocycles. The van der Waals surface area contributed by atoms with Crippen molar-refractivity contribution in [3.8, 4) is 17.0 Å². The fraction of sp³-hybridized carbons (Fsp3) is 0.208. The van der Waals surface area contributed by atoms with Gasteiger partial charge < -0.3 is 15.8 Å². The molecular formula is C24H23Cl2N5O2. The van der Waals surface area contributed by atoms with Crippen molar-refractivity contribution in [2.75, 3.05) is 13.7 Å². The largest absolute Gasteiger partial charge is 0.497 e. The number of imidazole rings is 1. The predicted molar refractivity (Wildman–Crippen MR) is 130 cm³/mol. The van der Waals surface area contributed by atoms with Crippen LogP contribution >= 0.6 is 23.2 Å². The normalized spacial score (nSPS) is 11.1. The van der Waals surface area contributed by atoms with Crippen molar-refractivity contribution in [1.82, 2.24) is 19.7 Å². The van der Waals surface area contributed by atoms with Crippen molar-refractivity contribution in [3.63, 3.8) is 0 Å². The molecule has 0 bridgehead atoms. The molecule has 0 spiro atoms. The highest BCUT2D eigenvalue weighted by Crippen LogP contribution is 2.34. The second-order valence-corrected chi connectivity index (χ2v) is 8.35. The Morgan fingerprint density at radius 3 is 2.58 bits per heavy atom. The van der Waals surface area contributed by atoms with E-state index in [0.29, 0.717) is 28.8 Å². The average molecular weight is 484 g/mol. The van der Waals surface area contributed by atoms with Crippen LogP contribution in [0, 0.1) is 6.92 Å². The lowest BCUT2D eigenvalue weighted by molar-refractivity contribution is 0.0949. The second kappa shape index (κ2) is 9.79. The van der Waals surface area contributed by atoms with Gasteiger partial charge >= 0.3 is 0 Å². The highest BCUT2D eigenvalue weighted by atomic mass is 35.5. The van der Waals surface area contributed by atoms with Crippen molar-refractivity contribution in [2.24, 2.45) is 5.73 Å². The standard InChI is InChI=1S/C24H23Cl2N5O2/c1-14-19(12-27)22(18-8-5-16(25)11-20(18)26)31-13-21(30-24(31)29-14)23(32)28-10-9-15-3-6-17(33-2)7-4-15/h3-8,11,13H,9-10,12,27H2,1-2H3,(H,28,32). The van der Waals surface area contributed by atoms with Gasteiger partial charge in [0.15, 0.2) is 0 Å². The van der Waals surface area contributed by atoms with E-state index in [1.165, 1.54) is 0 Å². The third kappa shape index (κ3) is 4.80. The second-order valence-electron chi connectivity index (χ2n) is 7.50. The quantitative estimate of drug-likeness (QED) is 0.404. The Hall–Kier alpha value is -3.13. The van der Waals surface area contributed by atoms with Crippen LogP contribution in [0.25, 0.3) is 17.0 Å². The van der Waals surface area contributed by atoms with Gasteiger partial charge in [-0.3, -0.25) is 9.20 Å². The molecule has 2 heterocycles. The van der Waals surface area contributed by atoms with Crippen LogP contribution in [0.15, 0.2) is 48.7 Å². The molecule has 170 valence electrons. The lowest BCUT2D eigenvalue weighted by atomic mass is 10.0. The zero-order valence-corrected chi connectivity index (χ0v) is 19.7. The highest BCUT2D eigenvalue weighted by Gasteiger charge is 2.20. The Balaban J connectivity index is 1.62. The fourth-order valence-corrected chi connectivity index (χ4v) is 4.18. The van der Waals surface area contributed by atoms with Crippen LogP contribution in [0.4, 0.5) is 0 Å². The Labute approximate surface area is 201 Å². The van der Waals surface area contributed by atoms with E-state index in [9.17, 15) is 4.79 Å². The predicted octanol–water partition coefficient (Wildman–Crippen LogP) is 4.45. The summed E-state index contributed by atoms with van der Waals surface area (Å²) in [4.78, 5) is 21.8. The smallest absolute Gasteiger partial charge is 0.271 e. The van der Waals surface area contributed by atoms with Crippen LogP contribution in [0.5, 0.6) is 5.75 Å². The third-order valence-electron chi connectivity index (χ3n) is 5.40. The number of nitrogens with two attached hydrogens (primary N) is 1. The summed E-state index contributed by atoms with van der Waals surface area (Å²) in [5.74, 6) is 0.906. The van der Waals surface area contributed by atoms with Gasteiger partial charge in [-0.2, -0.15) is 0 Å². The summed E-state index contributed by atoms with van der Waals surface area (Å²) in [5, 5.41) is 3.92. The number of nitrogens with zero attached hydrogens (tertiary/aromatic N) is 3. The maximum atomic E-state index is 12.8. The third-order valence-corrected chi connectivity index (χ3v) is 5.95. The lowest BCUT2D eigenvalue weighted by Gasteiger charge is -2.14. The minimum Gasteiger partial charge on any atom is -0.497 e. The minimum atomic E-state index is -0.283. The van der Waals surface area contributed by atoms with Crippen molar-refractivity contribution in [1.29, 1.82) is 0 Å². The first kappa shape index (κ1) is 23.0. The number of benzene rings is 2. The number of carbonyl (C=O) groups is 1. The van der Waals surface area contributed by atoms with Gasteiger partial charge in [-0.25, -0.2) is 9.97 Å². The number of halogens is 2. The molecule has 2 aromatic carbocycles. The SMILES string of the molecule is COc1ccc(CCNC(=O)c2cn3c(-c4ccc(Cl)cc4Cl)c(CN)c(C)nc3n2)cc1. The van der Waals surface area contributed by atoms with Crippen LogP contribution in [-0.4, -0.2) is 33.9 Å². The molecule has 0 radical (unpaired) electrons. The Bertz CT molecular complexity index is 1320. The molecule has 4 rings (SSSR count). The van der Waals surface area contributed by atoms with E-state index in [1.54, 1.807) is 29.8 Å². The van der Waals surface area contributed by atoms with E-state index >= 15 is 0 Å². The number of carbonyl (C=O) groups excluding carboxylic acids is 1. The Morgan fingerprint density at radius 2 is 1.91 bits per heavy atom. The van der Waals surface area contributed by atoms with Crippen LogP contribution in [0.1, 0.15) is 27.3 Å². The number of fused-ring (bicyclic) bond motifs is 1. The van der Waals surface area contributed by atoms with Gasteiger partial charge in [-0.1, -0.05) is 35.3 Å². The number of ether oxygens (including phenoxy) is 1. The molecule has 33 heavy (non-hydrogen) atoms. The number of hydrogen-bond donors (Lipinski definition) is 2. The number of methoxy groups -OCH3 is 1. The number of rotatable bonds is 7. The fourth-order valence-electron chi connectivity index (χ4n) is 3.68. The van der Waals surface area contributed by atoms with Gasteiger partial charge in [0.1, 0.15) is 11.4 Å². The number of nitrogens with one attached hydrogen (secondary N) is 1. The number of aromatic nitrogens is 3. The molecule has 0 atom stereocenters. The van der Waals surface area contributed by atoms with E-state index in [0.717, 1.165) is 33.8 Å². The first-order chi connectivity index (χ1) is 15.9. The molecule has 0 aliphatic rings. The summed E-state index contributed by atoms with van der Waals surface area (Å²) >= 11 is 12.6. The van der Waals surface area contributed by atoms with E-state index < -0.39 is 0 Å². The molecule has 0 saturated heterocycles. The van der Waals surface area contributed by atoms with Gasteiger partial charge in [-0.15, -0.1) is 0 Å². The Kier molecular flexibility index (Phi) is 6.83. The maximum Gasteiger partial charge on any atom is 0.271 e. The molecular weight excluding hydrogens is 461 g/mol. The molecule has 0 aliphatic carbocycles. The first-order valence-electron chi connectivity index (χ1n) is 10.4. The van der Waals surface area contributed by atoms with Gasteiger partial charge in [-0.05, 0) is 49.2 Å². The molecule has 0 fully saturated rings. The van der Waals surface area contributed by atoms with E-state index in [2.05, 4.69) is 15.3 Å². The summed E-state index contributed by atoms with van der Waals surface area (Å²) in [5.41, 5.74) is 10.4. The van der Waals surface area contributed by atoms with Crippen molar-refractivity contribution in [2.45, 2.75) is 19.9 Å². The van der Waals surface area contributed by atoms with Gasteiger partial charge in [0.25, 0.3) is 5.91 Å². The van der Waals surface area contributed by atoms with Crippen LogP contribution in [0.2, 0.25) is 10.0 Å². The summed E-state index contributed by atoms with van der Waals surface area (Å²) < 4.78 is 6.92. The van der Waals surface area contributed by atoms with Gasteiger partial charge in [0.05, 0.1) is 17.8 Å². The van der Waals surface area contributed by atoms with Crippen molar-refractivity contribution < 1.29 is 9.53 Å². The Morgan fingerprint density at radius 1 is 1.15 bits per heavy atom. The van der Waals surface area contributed by atoms with Crippen molar-refractivity contribution in [3.05, 3.63) is 81.2 Å². The van der Waals surface area contributed by atoms with Gasteiger partial charge in [0, 0.05) is 41.1 Å². The molecule has 4 aromatic rings. The van der Waals surface area contributed by atoms with Crippen LogP contribution in [-0.2, 0) is 13.0 Å². The molecule has 7 nitrogen and oxygen atoms in total. The summed E-state index contributed by atoms with van der Waals surface area (Å²) in [7, 11) is 1.63. The highest BCUT2D eigenvalue weighted by molar-refractivity contribution is 6.36. The summed E-state index contributed by atoms with van der Waals surface area (Å²) in [6, 6.07) is 13.0. The van der Waals surface area contributed by atoms with E-state index in [-0.39, 0.29) is 18.1 Å². The minimum absolute atomic E-state index is 0.255. The molecule has 3 N–H and O–H groups in total. The first-order valence-corrected chi connectivity index (χ1v) is 11.1. The van der Waals surface area contributed by atoms with Crippen LogP contribution < -0.4 is 15.8 Å². The topological polar surface area (TPSA) is 94.5 Å².